The monoisotopic (exact) mass is 216 g/mol. The highest BCUT2D eigenvalue weighted by atomic mass is 35.5. The van der Waals surface area contributed by atoms with Gasteiger partial charge >= 0.3 is 0 Å². The molecule has 0 unspecified atom stereocenters. The first-order valence-corrected chi connectivity index (χ1v) is 4.94. The summed E-state index contributed by atoms with van der Waals surface area (Å²) in [7, 11) is 1.49. The van der Waals surface area contributed by atoms with Gasteiger partial charge in [-0.15, -0.1) is 0 Å². The topological polar surface area (TPSA) is 9.23 Å². The number of ether oxygens (including phenoxy) is 1. The zero-order valence-corrected chi connectivity index (χ0v) is 9.36. The second-order valence-electron chi connectivity index (χ2n) is 3.67. The molecular formula is C11H14ClFO. The minimum Gasteiger partial charge on any atom is -0.497 e. The van der Waals surface area contributed by atoms with E-state index in [2.05, 4.69) is 0 Å². The van der Waals surface area contributed by atoms with E-state index in [-0.39, 0.29) is 5.82 Å². The summed E-state index contributed by atoms with van der Waals surface area (Å²) in [6.07, 6.45) is 0.647. The van der Waals surface area contributed by atoms with Crippen LogP contribution in [0.3, 0.4) is 0 Å². The molecule has 1 aromatic rings. The molecule has 0 bridgehead atoms. The van der Waals surface area contributed by atoms with Crippen molar-refractivity contribution in [3.8, 4) is 5.75 Å². The third kappa shape index (κ3) is 2.61. The maximum Gasteiger partial charge on any atom is 0.131 e. The van der Waals surface area contributed by atoms with E-state index < -0.39 is 0 Å². The first kappa shape index (κ1) is 11.3. The third-order valence-corrected chi connectivity index (χ3v) is 2.30. The molecule has 78 valence electrons. The van der Waals surface area contributed by atoms with Crippen molar-refractivity contribution in [3.63, 3.8) is 0 Å². The average molecular weight is 217 g/mol. The van der Waals surface area contributed by atoms with E-state index >= 15 is 0 Å². The molecule has 0 atom stereocenters. The van der Waals surface area contributed by atoms with Crippen LogP contribution in [0.4, 0.5) is 4.39 Å². The summed E-state index contributed by atoms with van der Waals surface area (Å²) in [4.78, 5) is 0. The number of methoxy groups -OCH3 is 1. The molecule has 0 saturated carbocycles. The lowest BCUT2D eigenvalue weighted by Crippen LogP contribution is -1.99. The Morgan fingerprint density at radius 3 is 2.50 bits per heavy atom. The van der Waals surface area contributed by atoms with Gasteiger partial charge in [-0.3, -0.25) is 0 Å². The zero-order valence-electron chi connectivity index (χ0n) is 8.60. The quantitative estimate of drug-likeness (QED) is 0.749. The number of hydrogen-bond donors (Lipinski definition) is 0. The molecule has 0 aliphatic rings. The molecule has 0 radical (unpaired) electrons. The van der Waals surface area contributed by atoms with Crippen LogP contribution in [-0.4, -0.2) is 7.11 Å². The lowest BCUT2D eigenvalue weighted by atomic mass is 10.0. The molecule has 14 heavy (non-hydrogen) atoms. The predicted molar refractivity (Wildman–Crippen MR) is 56.5 cm³/mol. The molecule has 0 aliphatic carbocycles. The van der Waals surface area contributed by atoms with Crippen LogP contribution in [0, 0.1) is 11.7 Å². The smallest absolute Gasteiger partial charge is 0.131 e. The Labute approximate surface area is 88.8 Å². The first-order chi connectivity index (χ1) is 6.54. The zero-order chi connectivity index (χ0) is 10.7. The number of hydrogen-bond acceptors (Lipinski definition) is 1. The summed E-state index contributed by atoms with van der Waals surface area (Å²) in [5.74, 6) is 0.554. The summed E-state index contributed by atoms with van der Waals surface area (Å²) in [6, 6.07) is 3.01. The summed E-state index contributed by atoms with van der Waals surface area (Å²) < 4.78 is 18.4. The number of rotatable bonds is 3. The molecular weight excluding hydrogens is 203 g/mol. The van der Waals surface area contributed by atoms with Crippen LogP contribution in [-0.2, 0) is 6.42 Å². The summed E-state index contributed by atoms with van der Waals surface area (Å²) in [5, 5.41) is 0.440. The van der Waals surface area contributed by atoms with E-state index in [0.29, 0.717) is 28.7 Å². The fourth-order valence-corrected chi connectivity index (χ4v) is 1.58. The van der Waals surface area contributed by atoms with Gasteiger partial charge < -0.3 is 4.74 Å². The molecule has 0 fully saturated rings. The Morgan fingerprint density at radius 1 is 1.43 bits per heavy atom. The van der Waals surface area contributed by atoms with Gasteiger partial charge in [0.25, 0.3) is 0 Å². The highest BCUT2D eigenvalue weighted by Crippen LogP contribution is 2.27. The van der Waals surface area contributed by atoms with Crippen LogP contribution in [0.1, 0.15) is 19.4 Å². The Bertz CT molecular complexity index is 300. The van der Waals surface area contributed by atoms with Crippen molar-refractivity contribution in [2.24, 2.45) is 5.92 Å². The fraction of sp³-hybridized carbons (Fsp3) is 0.455. The Morgan fingerprint density at radius 2 is 2.07 bits per heavy atom. The first-order valence-electron chi connectivity index (χ1n) is 4.56. The van der Waals surface area contributed by atoms with Crippen molar-refractivity contribution in [2.75, 3.05) is 7.11 Å². The maximum atomic E-state index is 13.5. The van der Waals surface area contributed by atoms with Crippen molar-refractivity contribution < 1.29 is 9.13 Å². The lowest BCUT2D eigenvalue weighted by molar-refractivity contribution is 0.410. The normalized spacial score (nSPS) is 10.7. The molecule has 0 amide bonds. The van der Waals surface area contributed by atoms with Crippen LogP contribution in [0.15, 0.2) is 12.1 Å². The van der Waals surface area contributed by atoms with Crippen molar-refractivity contribution in [1.29, 1.82) is 0 Å². The van der Waals surface area contributed by atoms with Gasteiger partial charge in [0, 0.05) is 11.6 Å². The van der Waals surface area contributed by atoms with Crippen molar-refractivity contribution in [3.05, 3.63) is 28.5 Å². The SMILES string of the molecule is COc1cc(F)c(CC(C)C)c(Cl)c1. The highest BCUT2D eigenvalue weighted by Gasteiger charge is 2.11. The highest BCUT2D eigenvalue weighted by molar-refractivity contribution is 6.31. The Hall–Kier alpha value is -0.760. The van der Waals surface area contributed by atoms with Crippen LogP contribution in [0.2, 0.25) is 5.02 Å². The molecule has 1 aromatic carbocycles. The van der Waals surface area contributed by atoms with Gasteiger partial charge in [0.2, 0.25) is 0 Å². The summed E-state index contributed by atoms with van der Waals surface area (Å²) in [5.41, 5.74) is 0.572. The van der Waals surface area contributed by atoms with Gasteiger partial charge in [-0.1, -0.05) is 25.4 Å². The Kier molecular flexibility index (Phi) is 3.76. The van der Waals surface area contributed by atoms with Crippen LogP contribution < -0.4 is 4.74 Å². The molecule has 0 N–H and O–H groups in total. The predicted octanol–water partition coefficient (Wildman–Crippen LogP) is 3.69. The third-order valence-electron chi connectivity index (χ3n) is 1.96. The van der Waals surface area contributed by atoms with E-state index in [1.165, 1.54) is 13.2 Å². The van der Waals surface area contributed by atoms with Crippen LogP contribution >= 0.6 is 11.6 Å². The lowest BCUT2D eigenvalue weighted by Gasteiger charge is -2.10. The standard InChI is InChI=1S/C11H14ClFO/c1-7(2)4-9-10(12)5-8(14-3)6-11(9)13/h5-7H,4H2,1-3H3. The fourth-order valence-electron chi connectivity index (χ4n) is 1.30. The number of halogens is 2. The molecule has 3 heteroatoms. The molecule has 0 saturated heterocycles. The molecule has 0 aliphatic heterocycles. The van der Waals surface area contributed by atoms with E-state index in [9.17, 15) is 4.39 Å². The van der Waals surface area contributed by atoms with E-state index in [0.717, 1.165) is 0 Å². The molecule has 0 aromatic heterocycles. The van der Waals surface area contributed by atoms with Gasteiger partial charge in [-0.25, -0.2) is 4.39 Å². The largest absolute Gasteiger partial charge is 0.497 e. The van der Waals surface area contributed by atoms with Gasteiger partial charge in [0.15, 0.2) is 0 Å². The summed E-state index contributed by atoms with van der Waals surface area (Å²) >= 11 is 5.94. The van der Waals surface area contributed by atoms with Crippen molar-refractivity contribution >= 4 is 11.6 Å². The summed E-state index contributed by atoms with van der Waals surface area (Å²) in [6.45, 7) is 4.06. The van der Waals surface area contributed by atoms with Crippen molar-refractivity contribution in [1.82, 2.24) is 0 Å². The van der Waals surface area contributed by atoms with Gasteiger partial charge in [-0.05, 0) is 18.4 Å². The second-order valence-corrected chi connectivity index (χ2v) is 4.07. The Balaban J connectivity index is 3.05. The molecule has 1 nitrogen and oxygen atoms in total. The average Bonchev–Trinajstić information content (AvgIpc) is 2.10. The van der Waals surface area contributed by atoms with Crippen molar-refractivity contribution in [2.45, 2.75) is 20.3 Å². The maximum absolute atomic E-state index is 13.5. The van der Waals surface area contributed by atoms with Gasteiger partial charge in [-0.2, -0.15) is 0 Å². The molecule has 1 rings (SSSR count). The van der Waals surface area contributed by atoms with Gasteiger partial charge in [0.05, 0.1) is 12.1 Å². The van der Waals surface area contributed by atoms with Gasteiger partial charge in [0.1, 0.15) is 11.6 Å². The molecule has 0 heterocycles. The molecule has 0 spiro atoms. The second kappa shape index (κ2) is 4.65. The minimum absolute atomic E-state index is 0.289. The van der Waals surface area contributed by atoms with E-state index in [1.54, 1.807) is 6.07 Å². The van der Waals surface area contributed by atoms with Crippen LogP contribution in [0.25, 0.3) is 0 Å². The minimum atomic E-state index is -0.289. The van der Waals surface area contributed by atoms with Crippen LogP contribution in [0.5, 0.6) is 5.75 Å². The van der Waals surface area contributed by atoms with E-state index in [4.69, 9.17) is 16.3 Å². The number of benzene rings is 1. The van der Waals surface area contributed by atoms with E-state index in [1.807, 2.05) is 13.8 Å².